The number of rotatable bonds is 11. The summed E-state index contributed by atoms with van der Waals surface area (Å²) in [7, 11) is -1.84. The normalized spacial score (nSPS) is 18.7. The third-order valence-electron chi connectivity index (χ3n) is 6.55. The number of aromatic nitrogens is 4. The van der Waals surface area contributed by atoms with Gasteiger partial charge in [0.1, 0.15) is 0 Å². The van der Waals surface area contributed by atoms with Crippen molar-refractivity contribution in [3.63, 3.8) is 0 Å². The third-order valence-corrected chi connectivity index (χ3v) is 8.42. The highest BCUT2D eigenvalue weighted by molar-refractivity contribution is 7.89. The van der Waals surface area contributed by atoms with Crippen LogP contribution in [-0.4, -0.2) is 64.5 Å². The zero-order valence-electron chi connectivity index (χ0n) is 20.5. The second-order valence-corrected chi connectivity index (χ2v) is 11.2. The standard InChI is InChI=1S/C24H36N8O2S/c1-3-32-17-27-21-22(29-24(30-23(21)32)28-19-13-11-18(25)12-14-19)26-15-7-8-16-31(2)35(33,34)20-9-5-4-6-10-20/h4-6,9-10,17-19H,3,7-8,11-16,25H2,1-2H3,(H2,26,28,29,30). The molecule has 3 aromatic rings. The molecule has 1 aliphatic rings. The van der Waals surface area contributed by atoms with E-state index < -0.39 is 10.0 Å². The van der Waals surface area contributed by atoms with Crippen LogP contribution in [0, 0.1) is 0 Å². The van der Waals surface area contributed by atoms with Crippen molar-refractivity contribution >= 4 is 33.0 Å². The molecule has 0 saturated heterocycles. The molecule has 1 fully saturated rings. The largest absolute Gasteiger partial charge is 0.368 e. The molecular weight excluding hydrogens is 464 g/mol. The van der Waals surface area contributed by atoms with E-state index in [1.807, 2.05) is 10.6 Å². The Bertz CT molecular complexity index is 1210. The van der Waals surface area contributed by atoms with E-state index in [0.717, 1.165) is 56.2 Å². The molecule has 0 bridgehead atoms. The first kappa shape index (κ1) is 25.3. The summed E-state index contributed by atoms with van der Waals surface area (Å²) in [6, 6.07) is 9.13. The molecule has 2 aromatic heterocycles. The van der Waals surface area contributed by atoms with Crippen LogP contribution in [0.4, 0.5) is 11.8 Å². The monoisotopic (exact) mass is 500 g/mol. The lowest BCUT2D eigenvalue weighted by molar-refractivity contribution is 0.410. The molecule has 4 N–H and O–H groups in total. The minimum atomic E-state index is -3.47. The maximum Gasteiger partial charge on any atom is 0.242 e. The number of benzene rings is 1. The quantitative estimate of drug-likeness (QED) is 0.342. The van der Waals surface area contributed by atoms with E-state index >= 15 is 0 Å². The van der Waals surface area contributed by atoms with Gasteiger partial charge in [0.15, 0.2) is 17.0 Å². The summed E-state index contributed by atoms with van der Waals surface area (Å²) in [5, 5.41) is 6.89. The van der Waals surface area contributed by atoms with E-state index in [4.69, 9.17) is 15.7 Å². The number of nitrogens with two attached hydrogens (primary N) is 1. The van der Waals surface area contributed by atoms with Gasteiger partial charge in [0.05, 0.1) is 11.2 Å². The summed E-state index contributed by atoms with van der Waals surface area (Å²) in [6.07, 6.45) is 7.34. The average molecular weight is 501 g/mol. The number of anilines is 2. The molecule has 0 aliphatic heterocycles. The van der Waals surface area contributed by atoms with Crippen LogP contribution in [0.15, 0.2) is 41.6 Å². The van der Waals surface area contributed by atoms with Gasteiger partial charge in [-0.25, -0.2) is 17.7 Å². The molecule has 0 radical (unpaired) electrons. The van der Waals surface area contributed by atoms with E-state index in [2.05, 4.69) is 22.5 Å². The minimum absolute atomic E-state index is 0.289. The average Bonchev–Trinajstić information content (AvgIpc) is 3.28. The second kappa shape index (κ2) is 11.3. The number of nitrogens with zero attached hydrogens (tertiary/aromatic N) is 5. The Morgan fingerprint density at radius 1 is 1.11 bits per heavy atom. The van der Waals surface area contributed by atoms with Crippen molar-refractivity contribution < 1.29 is 8.42 Å². The topological polar surface area (TPSA) is 131 Å². The Hall–Kier alpha value is -2.76. The number of nitrogens with one attached hydrogen (secondary N) is 2. The van der Waals surface area contributed by atoms with E-state index in [9.17, 15) is 8.42 Å². The highest BCUT2D eigenvalue weighted by Gasteiger charge is 2.21. The zero-order chi connectivity index (χ0) is 24.8. The molecule has 0 unspecified atom stereocenters. The number of hydrogen-bond donors (Lipinski definition) is 3. The predicted molar refractivity (Wildman–Crippen MR) is 139 cm³/mol. The summed E-state index contributed by atoms with van der Waals surface area (Å²) < 4.78 is 28.8. The summed E-state index contributed by atoms with van der Waals surface area (Å²) >= 11 is 0. The maximum atomic E-state index is 12.7. The van der Waals surface area contributed by atoms with Crippen molar-refractivity contribution in [2.75, 3.05) is 30.8 Å². The number of hydrogen-bond acceptors (Lipinski definition) is 8. The Kier molecular flexibility index (Phi) is 8.19. The van der Waals surface area contributed by atoms with Crippen molar-refractivity contribution in [2.45, 2.75) is 69.0 Å². The number of fused-ring (bicyclic) bond motifs is 1. The molecule has 11 heteroatoms. The molecule has 0 atom stereocenters. The lowest BCUT2D eigenvalue weighted by Gasteiger charge is -2.26. The highest BCUT2D eigenvalue weighted by atomic mass is 32.2. The van der Waals surface area contributed by atoms with Gasteiger partial charge in [-0.2, -0.15) is 9.97 Å². The molecule has 0 amide bonds. The SMILES string of the molecule is CCn1cnc2c(NCCCCN(C)S(=O)(=O)c3ccccc3)nc(NC3CCC(N)CC3)nc21. The summed E-state index contributed by atoms with van der Waals surface area (Å²) in [5.41, 5.74) is 7.59. The Labute approximate surface area is 207 Å². The van der Waals surface area contributed by atoms with E-state index in [1.54, 1.807) is 37.6 Å². The van der Waals surface area contributed by atoms with Crippen LogP contribution in [0.3, 0.4) is 0 Å². The second-order valence-electron chi connectivity index (χ2n) is 9.13. The molecule has 1 saturated carbocycles. The van der Waals surface area contributed by atoms with Crippen LogP contribution in [0.5, 0.6) is 0 Å². The molecule has 35 heavy (non-hydrogen) atoms. The lowest BCUT2D eigenvalue weighted by atomic mass is 9.92. The highest BCUT2D eigenvalue weighted by Crippen LogP contribution is 2.24. The smallest absolute Gasteiger partial charge is 0.242 e. The number of imidazole rings is 1. The van der Waals surface area contributed by atoms with Crippen molar-refractivity contribution in [3.8, 4) is 0 Å². The molecule has 1 aromatic carbocycles. The van der Waals surface area contributed by atoms with Gasteiger partial charge < -0.3 is 20.9 Å². The van der Waals surface area contributed by atoms with E-state index in [1.165, 1.54) is 4.31 Å². The van der Waals surface area contributed by atoms with E-state index in [-0.39, 0.29) is 6.04 Å². The summed E-state index contributed by atoms with van der Waals surface area (Å²) in [6.45, 7) is 3.93. The van der Waals surface area contributed by atoms with Gasteiger partial charge in [0, 0.05) is 38.8 Å². The number of aryl methyl sites for hydroxylation is 1. The van der Waals surface area contributed by atoms with Crippen LogP contribution in [0.25, 0.3) is 11.2 Å². The van der Waals surface area contributed by atoms with Gasteiger partial charge >= 0.3 is 0 Å². The Morgan fingerprint density at radius 3 is 2.57 bits per heavy atom. The van der Waals surface area contributed by atoms with Crippen LogP contribution in [-0.2, 0) is 16.6 Å². The predicted octanol–water partition coefficient (Wildman–Crippen LogP) is 3.04. The first-order valence-electron chi connectivity index (χ1n) is 12.4. The molecule has 2 heterocycles. The minimum Gasteiger partial charge on any atom is -0.368 e. The van der Waals surface area contributed by atoms with Crippen molar-refractivity contribution in [1.82, 2.24) is 23.8 Å². The molecule has 4 rings (SSSR count). The molecule has 0 spiro atoms. The third kappa shape index (κ3) is 6.09. The summed E-state index contributed by atoms with van der Waals surface area (Å²) in [4.78, 5) is 14.3. The molecule has 10 nitrogen and oxygen atoms in total. The Balaban J connectivity index is 1.36. The maximum absolute atomic E-state index is 12.7. The van der Waals surface area contributed by atoms with E-state index in [0.29, 0.717) is 35.8 Å². The first-order valence-corrected chi connectivity index (χ1v) is 13.8. The van der Waals surface area contributed by atoms with Crippen LogP contribution in [0.1, 0.15) is 45.4 Å². The number of sulfonamides is 1. The van der Waals surface area contributed by atoms with Crippen molar-refractivity contribution in [2.24, 2.45) is 5.73 Å². The van der Waals surface area contributed by atoms with Gasteiger partial charge in [-0.3, -0.25) is 0 Å². The van der Waals surface area contributed by atoms with Gasteiger partial charge in [0.25, 0.3) is 0 Å². The van der Waals surface area contributed by atoms with Crippen LogP contribution >= 0.6 is 0 Å². The van der Waals surface area contributed by atoms with Gasteiger partial charge in [-0.15, -0.1) is 0 Å². The molecule has 190 valence electrons. The van der Waals surface area contributed by atoms with Gasteiger partial charge in [-0.05, 0) is 57.6 Å². The lowest BCUT2D eigenvalue weighted by Crippen LogP contribution is -2.33. The van der Waals surface area contributed by atoms with Crippen LogP contribution in [0.2, 0.25) is 0 Å². The summed E-state index contributed by atoms with van der Waals surface area (Å²) in [5.74, 6) is 1.30. The molecular formula is C24H36N8O2S. The number of unbranched alkanes of at least 4 members (excludes halogenated alkanes) is 1. The van der Waals surface area contributed by atoms with Gasteiger partial charge in [0.2, 0.25) is 16.0 Å². The zero-order valence-corrected chi connectivity index (χ0v) is 21.3. The van der Waals surface area contributed by atoms with Crippen molar-refractivity contribution in [3.05, 3.63) is 36.7 Å². The fraction of sp³-hybridized carbons (Fsp3) is 0.542. The van der Waals surface area contributed by atoms with Gasteiger partial charge in [-0.1, -0.05) is 18.2 Å². The molecule has 1 aliphatic carbocycles. The first-order chi connectivity index (χ1) is 16.9. The van der Waals surface area contributed by atoms with Crippen LogP contribution < -0.4 is 16.4 Å². The Morgan fingerprint density at radius 2 is 1.86 bits per heavy atom. The fourth-order valence-corrected chi connectivity index (χ4v) is 5.60. The van der Waals surface area contributed by atoms with Crippen molar-refractivity contribution in [1.29, 1.82) is 0 Å². The fourth-order valence-electron chi connectivity index (χ4n) is 4.37.